The third-order valence-corrected chi connectivity index (χ3v) is 12.8. The van der Waals surface area contributed by atoms with E-state index in [4.69, 9.17) is 14.2 Å². The van der Waals surface area contributed by atoms with Gasteiger partial charge in [0.1, 0.15) is 12.7 Å². The molecule has 0 heterocycles. The number of esters is 2. The Morgan fingerprint density at radius 3 is 1.48 bits per heavy atom. The van der Waals surface area contributed by atoms with E-state index in [1.807, 2.05) is 34.6 Å². The van der Waals surface area contributed by atoms with Crippen LogP contribution < -0.4 is 0 Å². The average molecular weight is 912 g/mol. The summed E-state index contributed by atoms with van der Waals surface area (Å²) in [5.74, 6) is 1.91. The van der Waals surface area contributed by atoms with Crippen LogP contribution in [0.15, 0.2) is 12.2 Å². The Kier molecular flexibility index (Phi) is 56.4. The van der Waals surface area contributed by atoms with Gasteiger partial charge in [0.2, 0.25) is 0 Å². The summed E-state index contributed by atoms with van der Waals surface area (Å²) in [5, 5.41) is -0.113. The molecule has 0 N–H and O–H groups in total. The average Bonchev–Trinajstić information content (AvgIpc) is 3.65. The number of hydrogen-bond donors (Lipinski definition) is 1. The van der Waals surface area contributed by atoms with Crippen LogP contribution in [0.5, 0.6) is 0 Å². The Bertz CT molecular complexity index is 939. The Morgan fingerprint density at radius 1 is 0.556 bits per heavy atom. The maximum atomic E-state index is 12.6. The van der Waals surface area contributed by atoms with Gasteiger partial charge in [-0.3, -0.25) is 9.59 Å². The normalized spacial score (nSPS) is 17.1. The number of carbonyl (C=O) groups is 2. The lowest BCUT2D eigenvalue weighted by Crippen LogP contribution is -2.27. The monoisotopic (exact) mass is 911 g/mol. The van der Waals surface area contributed by atoms with Crippen LogP contribution in [0.1, 0.15) is 288 Å². The fourth-order valence-electron chi connectivity index (χ4n) is 8.59. The van der Waals surface area contributed by atoms with Crippen LogP contribution in [0.2, 0.25) is 0 Å². The molecule has 1 aliphatic carbocycles. The summed E-state index contributed by atoms with van der Waals surface area (Å²) in [5.41, 5.74) is 0. The van der Waals surface area contributed by atoms with Crippen molar-refractivity contribution in [2.75, 3.05) is 19.8 Å². The molecule has 0 saturated heterocycles. The molecule has 0 aliphatic heterocycles. The first-order valence-corrected chi connectivity index (χ1v) is 28.5. The summed E-state index contributed by atoms with van der Waals surface area (Å²) >= 11 is 4.56. The second kappa shape index (κ2) is 53.6. The molecule has 0 radical (unpaired) electrons. The Hall–Kier alpha value is -1.01. The van der Waals surface area contributed by atoms with E-state index in [9.17, 15) is 9.59 Å². The van der Waals surface area contributed by atoms with Gasteiger partial charge in [0.05, 0.1) is 11.9 Å². The first-order valence-electron chi connectivity index (χ1n) is 28.0. The number of carbonyl (C=O) groups excluding carboxylic acids is 2. The lowest BCUT2D eigenvalue weighted by atomic mass is 9.88. The van der Waals surface area contributed by atoms with Crippen LogP contribution >= 0.6 is 12.6 Å². The van der Waals surface area contributed by atoms with Gasteiger partial charge < -0.3 is 14.2 Å². The Morgan fingerprint density at radius 2 is 1.00 bits per heavy atom. The van der Waals surface area contributed by atoms with E-state index in [1.54, 1.807) is 0 Å². The smallest absolute Gasteiger partial charge is 0.306 e. The minimum Gasteiger partial charge on any atom is -0.464 e. The third-order valence-electron chi connectivity index (χ3n) is 12.5. The summed E-state index contributed by atoms with van der Waals surface area (Å²) < 4.78 is 17.1. The third kappa shape index (κ3) is 45.9. The van der Waals surface area contributed by atoms with Crippen LogP contribution in [0.3, 0.4) is 0 Å². The van der Waals surface area contributed by atoms with Gasteiger partial charge in [-0.05, 0) is 56.3 Å². The highest BCUT2D eigenvalue weighted by Gasteiger charge is 2.39. The molecule has 0 amide bonds. The highest BCUT2D eigenvalue weighted by molar-refractivity contribution is 7.81. The molecule has 0 aromatic heterocycles. The van der Waals surface area contributed by atoms with E-state index in [0.717, 1.165) is 57.0 Å². The maximum absolute atomic E-state index is 12.6. The number of allylic oxidation sites excluding steroid dienone is 2. The first-order chi connectivity index (χ1) is 30.7. The van der Waals surface area contributed by atoms with Crippen molar-refractivity contribution in [3.05, 3.63) is 12.2 Å². The van der Waals surface area contributed by atoms with Crippen molar-refractivity contribution in [1.82, 2.24) is 0 Å². The molecule has 6 unspecified atom stereocenters. The van der Waals surface area contributed by atoms with E-state index >= 15 is 0 Å². The van der Waals surface area contributed by atoms with E-state index in [1.165, 1.54) is 161 Å². The minimum absolute atomic E-state index is 0.104. The SMILES string of the molecule is CC.CC.CC/C=C\CC1C(CC(=O)OCC(S)COCCCCCCCCCCC(C)CCCCC)CCC1OC(=O)CCC.CCCCCCCCCCC(C)CCCCC. The minimum atomic E-state index is -0.189. The van der Waals surface area contributed by atoms with Crippen LogP contribution in [0.4, 0.5) is 0 Å². The van der Waals surface area contributed by atoms with Crippen LogP contribution in [0, 0.1) is 23.7 Å². The Balaban J connectivity index is -0.00000143. The standard InChI is InChI=1S/C36H66O5S.C17H36.2C2H6/c1-5-8-16-21-30(4)22-18-14-12-10-11-13-15-19-26-39-28-32(42)29-40-36(38)27-31-24-25-34(41-35(37)20-7-3)33(31)23-17-9-6-2;1-4-6-8-9-10-11-12-14-16-17(3)15-13-7-5-2;2*1-2/h9,17,30-34,42H,5-8,10-16,18-29H2,1-4H3;17H,4-16H2,1-3H3;2*1-2H3/b17-9-;;;. The predicted octanol–water partition coefficient (Wildman–Crippen LogP) is 18.8. The molecule has 5 nitrogen and oxygen atoms in total. The van der Waals surface area contributed by atoms with Crippen molar-refractivity contribution in [2.45, 2.75) is 299 Å². The zero-order valence-corrected chi connectivity index (χ0v) is 45.5. The zero-order chi connectivity index (χ0) is 47.6. The molecular formula is C57H114O5S. The highest BCUT2D eigenvalue weighted by Crippen LogP contribution is 2.39. The van der Waals surface area contributed by atoms with Crippen LogP contribution in [0.25, 0.3) is 0 Å². The fourth-order valence-corrected chi connectivity index (χ4v) is 8.77. The number of unbranched alkanes of at least 4 members (excludes halogenated alkanes) is 18. The van der Waals surface area contributed by atoms with Gasteiger partial charge in [-0.15, -0.1) is 0 Å². The molecule has 6 heteroatoms. The largest absolute Gasteiger partial charge is 0.464 e. The molecule has 1 saturated carbocycles. The highest BCUT2D eigenvalue weighted by atomic mass is 32.1. The number of hydrogen-bond acceptors (Lipinski definition) is 6. The van der Waals surface area contributed by atoms with Crippen molar-refractivity contribution in [3.63, 3.8) is 0 Å². The molecule has 378 valence electrons. The number of rotatable bonds is 40. The Labute approximate surface area is 401 Å². The van der Waals surface area contributed by atoms with Gasteiger partial charge in [-0.2, -0.15) is 12.6 Å². The van der Waals surface area contributed by atoms with Crippen LogP contribution in [-0.2, 0) is 23.8 Å². The van der Waals surface area contributed by atoms with Gasteiger partial charge in [0.25, 0.3) is 0 Å². The summed E-state index contributed by atoms with van der Waals surface area (Å²) in [4.78, 5) is 24.7. The zero-order valence-electron chi connectivity index (χ0n) is 44.6. The molecule has 1 fully saturated rings. The van der Waals surface area contributed by atoms with Gasteiger partial charge in [-0.1, -0.05) is 249 Å². The molecule has 1 aliphatic rings. The molecule has 0 aromatic carbocycles. The lowest BCUT2D eigenvalue weighted by molar-refractivity contribution is -0.151. The second-order valence-corrected chi connectivity index (χ2v) is 19.3. The summed E-state index contributed by atoms with van der Waals surface area (Å²) in [6, 6.07) is 0. The lowest BCUT2D eigenvalue weighted by Gasteiger charge is -2.24. The van der Waals surface area contributed by atoms with Crippen molar-refractivity contribution < 1.29 is 23.8 Å². The first kappa shape index (κ1) is 66.3. The number of thiol groups is 1. The van der Waals surface area contributed by atoms with Crippen molar-refractivity contribution in [1.29, 1.82) is 0 Å². The van der Waals surface area contributed by atoms with E-state index in [0.29, 0.717) is 19.4 Å². The quantitative estimate of drug-likeness (QED) is 0.0287. The fraction of sp³-hybridized carbons (Fsp3) is 0.930. The topological polar surface area (TPSA) is 61.8 Å². The molecule has 0 bridgehead atoms. The van der Waals surface area contributed by atoms with Gasteiger partial charge in [-0.25, -0.2) is 0 Å². The molecule has 0 aromatic rings. The summed E-state index contributed by atoms with van der Waals surface area (Å²) in [6.45, 7) is 25.3. The number of ether oxygens (including phenoxy) is 3. The van der Waals surface area contributed by atoms with Crippen LogP contribution in [-0.4, -0.2) is 43.1 Å². The molecule has 0 spiro atoms. The maximum Gasteiger partial charge on any atom is 0.306 e. The van der Waals surface area contributed by atoms with Crippen molar-refractivity contribution in [2.24, 2.45) is 23.7 Å². The van der Waals surface area contributed by atoms with Crippen molar-refractivity contribution in [3.8, 4) is 0 Å². The van der Waals surface area contributed by atoms with E-state index in [-0.39, 0.29) is 41.7 Å². The molecule has 1 rings (SSSR count). The molecule has 6 atom stereocenters. The van der Waals surface area contributed by atoms with Crippen molar-refractivity contribution >= 4 is 24.6 Å². The van der Waals surface area contributed by atoms with Gasteiger partial charge in [0.15, 0.2) is 0 Å². The summed E-state index contributed by atoms with van der Waals surface area (Å²) in [7, 11) is 0. The molecule has 63 heavy (non-hydrogen) atoms. The van der Waals surface area contributed by atoms with E-state index < -0.39 is 0 Å². The van der Waals surface area contributed by atoms with Gasteiger partial charge in [0, 0.05) is 25.4 Å². The second-order valence-electron chi connectivity index (χ2n) is 18.6. The molecular weight excluding hydrogens is 797 g/mol. The van der Waals surface area contributed by atoms with E-state index in [2.05, 4.69) is 66.3 Å². The predicted molar refractivity (Wildman–Crippen MR) is 282 cm³/mol. The van der Waals surface area contributed by atoms with Gasteiger partial charge >= 0.3 is 11.9 Å². The summed E-state index contributed by atoms with van der Waals surface area (Å²) in [6.07, 6.45) is 45.5.